The van der Waals surface area contributed by atoms with Crippen LogP contribution in [0, 0.1) is 0 Å². The number of hydrogen-bond acceptors (Lipinski definition) is 7. The number of halogens is 3. The summed E-state index contributed by atoms with van der Waals surface area (Å²) in [6, 6.07) is 5.35. The van der Waals surface area contributed by atoms with Crippen molar-refractivity contribution in [1.29, 1.82) is 0 Å². The van der Waals surface area contributed by atoms with Gasteiger partial charge in [-0.15, -0.1) is 23.4 Å². The third kappa shape index (κ3) is 5.70. The number of thioether (sulfide) groups is 1. The summed E-state index contributed by atoms with van der Waals surface area (Å²) >= 11 is 2.81. The van der Waals surface area contributed by atoms with Crippen LogP contribution in [0.5, 0.6) is 5.75 Å². The number of ether oxygens (including phenoxy) is 1. The lowest BCUT2D eigenvalue weighted by atomic mass is 10.3. The lowest BCUT2D eigenvalue weighted by Gasteiger charge is -2.09. The second kappa shape index (κ2) is 7.65. The molecule has 10 heteroatoms. The van der Waals surface area contributed by atoms with Crippen LogP contribution in [0.1, 0.15) is 6.42 Å². The molecule has 0 aliphatic rings. The van der Waals surface area contributed by atoms with E-state index in [4.69, 9.17) is 5.11 Å². The first-order valence-corrected chi connectivity index (χ1v) is 7.96. The molecule has 0 aliphatic heterocycles. The molecule has 120 valence electrons. The molecule has 0 atom stereocenters. The Morgan fingerprint density at radius 3 is 2.59 bits per heavy atom. The van der Waals surface area contributed by atoms with Crippen LogP contribution in [-0.4, -0.2) is 34.0 Å². The van der Waals surface area contributed by atoms with E-state index in [0.29, 0.717) is 17.2 Å². The molecule has 0 unspecified atom stereocenters. The maximum Gasteiger partial charge on any atom is 0.573 e. The molecular weight excluding hydrogens is 339 g/mol. The molecule has 0 aliphatic carbocycles. The zero-order valence-electron chi connectivity index (χ0n) is 11.1. The average molecular weight is 351 g/mol. The minimum Gasteiger partial charge on any atom is -0.406 e. The van der Waals surface area contributed by atoms with Crippen molar-refractivity contribution in [2.45, 2.75) is 17.1 Å². The predicted molar refractivity (Wildman–Crippen MR) is 78.7 cm³/mol. The number of aliphatic hydroxyl groups excluding tert-OH is 1. The Bertz CT molecular complexity index is 590. The van der Waals surface area contributed by atoms with Gasteiger partial charge in [-0.2, -0.15) is 0 Å². The molecule has 2 N–H and O–H groups in total. The molecule has 0 amide bonds. The van der Waals surface area contributed by atoms with Crippen LogP contribution in [0.15, 0.2) is 28.6 Å². The van der Waals surface area contributed by atoms with E-state index in [9.17, 15) is 13.2 Å². The Labute approximate surface area is 132 Å². The Hall–Kier alpha value is -1.52. The van der Waals surface area contributed by atoms with Crippen molar-refractivity contribution in [1.82, 2.24) is 10.2 Å². The van der Waals surface area contributed by atoms with Crippen LogP contribution in [0.4, 0.5) is 24.0 Å². The van der Waals surface area contributed by atoms with Crippen molar-refractivity contribution < 1.29 is 23.0 Å². The van der Waals surface area contributed by atoms with Gasteiger partial charge in [-0.05, 0) is 30.7 Å². The number of nitrogens with zero attached hydrogens (tertiary/aromatic N) is 2. The Morgan fingerprint density at radius 1 is 1.23 bits per heavy atom. The van der Waals surface area contributed by atoms with Gasteiger partial charge >= 0.3 is 6.36 Å². The largest absolute Gasteiger partial charge is 0.573 e. The first-order valence-electron chi connectivity index (χ1n) is 6.16. The lowest BCUT2D eigenvalue weighted by molar-refractivity contribution is -0.274. The molecule has 1 aromatic heterocycles. The van der Waals surface area contributed by atoms with Gasteiger partial charge in [0, 0.05) is 18.0 Å². The molecule has 0 fully saturated rings. The van der Waals surface area contributed by atoms with Crippen molar-refractivity contribution in [3.63, 3.8) is 0 Å². The highest BCUT2D eigenvalue weighted by molar-refractivity contribution is 8.01. The number of alkyl halides is 3. The predicted octanol–water partition coefficient (Wildman–Crippen LogP) is 3.65. The SMILES string of the molecule is OCCCSc1nnc(Nc2ccc(OC(F)(F)F)cc2)s1. The van der Waals surface area contributed by atoms with E-state index < -0.39 is 6.36 Å². The molecule has 0 radical (unpaired) electrons. The highest BCUT2D eigenvalue weighted by Crippen LogP contribution is 2.29. The maximum atomic E-state index is 12.0. The van der Waals surface area contributed by atoms with E-state index in [-0.39, 0.29) is 12.4 Å². The van der Waals surface area contributed by atoms with Crippen LogP contribution in [0.2, 0.25) is 0 Å². The van der Waals surface area contributed by atoms with E-state index in [1.54, 1.807) is 0 Å². The van der Waals surface area contributed by atoms with Crippen LogP contribution >= 0.6 is 23.1 Å². The summed E-state index contributed by atoms with van der Waals surface area (Å²) in [5, 5.41) is 20.1. The smallest absolute Gasteiger partial charge is 0.406 e. The van der Waals surface area contributed by atoms with Crippen LogP contribution in [0.3, 0.4) is 0 Å². The fraction of sp³-hybridized carbons (Fsp3) is 0.333. The van der Waals surface area contributed by atoms with Gasteiger partial charge in [-0.25, -0.2) is 0 Å². The topological polar surface area (TPSA) is 67.3 Å². The van der Waals surface area contributed by atoms with Crippen LogP contribution in [-0.2, 0) is 0 Å². The molecule has 2 aromatic rings. The number of rotatable bonds is 7. The van der Waals surface area contributed by atoms with Crippen molar-refractivity contribution in [2.24, 2.45) is 0 Å². The van der Waals surface area contributed by atoms with Gasteiger partial charge in [0.25, 0.3) is 0 Å². The third-order valence-electron chi connectivity index (χ3n) is 2.27. The van der Waals surface area contributed by atoms with E-state index in [2.05, 4.69) is 20.3 Å². The van der Waals surface area contributed by atoms with Crippen LogP contribution < -0.4 is 10.1 Å². The van der Waals surface area contributed by atoms with Gasteiger partial charge in [0.05, 0.1) is 0 Å². The summed E-state index contributed by atoms with van der Waals surface area (Å²) in [5.74, 6) is 0.463. The second-order valence-electron chi connectivity index (χ2n) is 4.00. The number of aliphatic hydroxyl groups is 1. The van der Waals surface area contributed by atoms with Crippen molar-refractivity contribution in [2.75, 3.05) is 17.7 Å². The van der Waals surface area contributed by atoms with Gasteiger partial charge in [0.2, 0.25) is 5.13 Å². The van der Waals surface area contributed by atoms with Gasteiger partial charge in [-0.1, -0.05) is 23.1 Å². The molecule has 22 heavy (non-hydrogen) atoms. The third-order valence-corrected chi connectivity index (χ3v) is 4.33. The Balaban J connectivity index is 1.90. The summed E-state index contributed by atoms with van der Waals surface area (Å²) in [4.78, 5) is 0. The van der Waals surface area contributed by atoms with Crippen molar-refractivity contribution in [3.8, 4) is 5.75 Å². The summed E-state index contributed by atoms with van der Waals surface area (Å²) in [6.45, 7) is 0.128. The minimum absolute atomic E-state index is 0.128. The second-order valence-corrected chi connectivity index (χ2v) is 6.32. The highest BCUT2D eigenvalue weighted by Gasteiger charge is 2.30. The fourth-order valence-corrected chi connectivity index (χ4v) is 3.17. The van der Waals surface area contributed by atoms with Crippen molar-refractivity contribution in [3.05, 3.63) is 24.3 Å². The van der Waals surface area contributed by atoms with Gasteiger partial charge in [0.1, 0.15) is 5.75 Å². The molecule has 0 spiro atoms. The zero-order valence-corrected chi connectivity index (χ0v) is 12.8. The number of anilines is 2. The quantitative estimate of drug-likeness (QED) is 0.586. The van der Waals surface area contributed by atoms with Gasteiger partial charge in [0.15, 0.2) is 4.34 Å². The monoisotopic (exact) mass is 351 g/mol. The molecule has 0 bridgehead atoms. The van der Waals surface area contributed by atoms with Gasteiger partial charge in [-0.3, -0.25) is 0 Å². The first kappa shape index (κ1) is 16.8. The Morgan fingerprint density at radius 2 is 1.95 bits per heavy atom. The molecule has 1 heterocycles. The highest BCUT2D eigenvalue weighted by atomic mass is 32.2. The number of nitrogens with one attached hydrogen (secondary N) is 1. The fourth-order valence-electron chi connectivity index (χ4n) is 1.41. The van der Waals surface area contributed by atoms with E-state index in [0.717, 1.165) is 10.1 Å². The molecule has 1 aromatic carbocycles. The van der Waals surface area contributed by atoms with Crippen molar-refractivity contribution >= 4 is 33.9 Å². The van der Waals surface area contributed by atoms with Gasteiger partial charge < -0.3 is 15.2 Å². The van der Waals surface area contributed by atoms with E-state index in [1.165, 1.54) is 47.4 Å². The molecule has 2 rings (SSSR count). The zero-order chi connectivity index (χ0) is 16.0. The van der Waals surface area contributed by atoms with E-state index >= 15 is 0 Å². The first-order chi connectivity index (χ1) is 10.5. The normalized spacial score (nSPS) is 11.5. The van der Waals surface area contributed by atoms with Crippen LogP contribution in [0.25, 0.3) is 0 Å². The Kier molecular flexibility index (Phi) is 5.86. The molecular formula is C12H12F3N3O2S2. The summed E-state index contributed by atoms with van der Waals surface area (Å²) in [7, 11) is 0. The number of benzene rings is 1. The lowest BCUT2D eigenvalue weighted by Crippen LogP contribution is -2.16. The minimum atomic E-state index is -4.70. The standard InChI is InChI=1S/C12H12F3N3O2S2/c13-12(14,15)20-9-4-2-8(3-5-9)16-10-17-18-11(22-10)21-7-1-6-19/h2-5,19H,1,6-7H2,(H,16,17). The molecule has 0 saturated heterocycles. The number of hydrogen-bond donors (Lipinski definition) is 2. The number of aromatic nitrogens is 2. The summed E-state index contributed by atoms with van der Waals surface area (Å²) < 4.78 is 40.7. The van der Waals surface area contributed by atoms with E-state index in [1.807, 2.05) is 0 Å². The molecule has 5 nitrogen and oxygen atoms in total. The maximum absolute atomic E-state index is 12.0. The summed E-state index contributed by atoms with van der Waals surface area (Å²) in [5.41, 5.74) is 0.581. The molecule has 0 saturated carbocycles. The summed E-state index contributed by atoms with van der Waals surface area (Å²) in [6.07, 6.45) is -4.03. The average Bonchev–Trinajstić information content (AvgIpc) is 2.87.